The van der Waals surface area contributed by atoms with Crippen LogP contribution in [0.15, 0.2) is 36.5 Å². The number of nitrogens with zero attached hydrogens (tertiary/aromatic N) is 1. The van der Waals surface area contributed by atoms with Crippen LogP contribution in [0.3, 0.4) is 0 Å². The maximum Gasteiger partial charge on any atom is 0.355 e. The van der Waals surface area contributed by atoms with Crippen LogP contribution in [0.2, 0.25) is 5.02 Å². The molecule has 0 spiro atoms. The second kappa shape index (κ2) is 4.55. The maximum atomic E-state index is 11.1. The lowest BCUT2D eigenvalue weighted by Crippen LogP contribution is -2.03. The fourth-order valence-corrected chi connectivity index (χ4v) is 1.95. The molecule has 0 saturated carbocycles. The van der Waals surface area contributed by atoms with Crippen molar-refractivity contribution in [3.8, 4) is 11.1 Å². The molecule has 0 saturated heterocycles. The van der Waals surface area contributed by atoms with E-state index in [-0.39, 0.29) is 5.69 Å². The first-order valence-corrected chi connectivity index (χ1v) is 5.42. The van der Waals surface area contributed by atoms with Gasteiger partial charge in [-0.15, -0.1) is 0 Å². The van der Waals surface area contributed by atoms with Gasteiger partial charge >= 0.3 is 5.97 Å². The maximum absolute atomic E-state index is 11.1. The lowest BCUT2D eigenvalue weighted by molar-refractivity contribution is 0.0691. The highest BCUT2D eigenvalue weighted by molar-refractivity contribution is 6.30. The second-order valence-electron chi connectivity index (χ2n) is 3.66. The number of carbonyl (C=O) groups is 1. The number of aromatic nitrogens is 1. The largest absolute Gasteiger partial charge is 0.476 e. The van der Waals surface area contributed by atoms with Gasteiger partial charge in [-0.3, -0.25) is 0 Å². The summed E-state index contributed by atoms with van der Waals surface area (Å²) in [5.74, 6) is -1.03. The molecule has 86 valence electrons. The van der Waals surface area contributed by atoms with Crippen LogP contribution in [0.5, 0.6) is 0 Å². The van der Waals surface area contributed by atoms with Crippen LogP contribution in [0, 0.1) is 6.92 Å². The zero-order valence-electron chi connectivity index (χ0n) is 9.14. The van der Waals surface area contributed by atoms with E-state index in [9.17, 15) is 4.79 Å². The third kappa shape index (κ3) is 2.29. The normalized spacial score (nSPS) is 10.2. The first-order valence-electron chi connectivity index (χ1n) is 5.04. The summed E-state index contributed by atoms with van der Waals surface area (Å²) in [5, 5.41) is 9.72. The average molecular weight is 248 g/mol. The van der Waals surface area contributed by atoms with Gasteiger partial charge in [0, 0.05) is 16.8 Å². The zero-order valence-corrected chi connectivity index (χ0v) is 9.90. The molecule has 1 aromatic heterocycles. The lowest BCUT2D eigenvalue weighted by Gasteiger charge is -2.08. The molecule has 3 nitrogen and oxygen atoms in total. The van der Waals surface area contributed by atoms with Gasteiger partial charge in [0.1, 0.15) is 0 Å². The second-order valence-corrected chi connectivity index (χ2v) is 4.10. The van der Waals surface area contributed by atoms with Crippen molar-refractivity contribution in [2.45, 2.75) is 6.92 Å². The van der Waals surface area contributed by atoms with E-state index in [1.807, 2.05) is 6.92 Å². The highest BCUT2D eigenvalue weighted by Crippen LogP contribution is 2.27. The average Bonchev–Trinajstić information content (AvgIpc) is 2.29. The van der Waals surface area contributed by atoms with E-state index >= 15 is 0 Å². The van der Waals surface area contributed by atoms with Crippen molar-refractivity contribution in [1.29, 1.82) is 0 Å². The summed E-state index contributed by atoms with van der Waals surface area (Å²) in [5.41, 5.74) is 2.42. The van der Waals surface area contributed by atoms with E-state index in [1.54, 1.807) is 30.3 Å². The molecule has 0 aliphatic carbocycles. The molecule has 0 amide bonds. The molecule has 0 atom stereocenters. The number of carboxylic acid groups (broad SMARTS) is 1. The van der Waals surface area contributed by atoms with Crippen molar-refractivity contribution < 1.29 is 9.90 Å². The zero-order chi connectivity index (χ0) is 12.4. The minimum atomic E-state index is -1.03. The summed E-state index contributed by atoms with van der Waals surface area (Å²) in [6.45, 7) is 1.89. The molecule has 2 aromatic rings. The number of benzene rings is 1. The minimum absolute atomic E-state index is 0.0536. The quantitative estimate of drug-likeness (QED) is 0.885. The first kappa shape index (κ1) is 11.6. The monoisotopic (exact) mass is 247 g/mol. The topological polar surface area (TPSA) is 50.2 Å². The number of hydrogen-bond acceptors (Lipinski definition) is 2. The smallest absolute Gasteiger partial charge is 0.355 e. The summed E-state index contributed by atoms with van der Waals surface area (Å²) >= 11 is 5.87. The van der Waals surface area contributed by atoms with Crippen LogP contribution in [0.25, 0.3) is 11.1 Å². The minimum Gasteiger partial charge on any atom is -0.476 e. The number of pyridine rings is 1. The van der Waals surface area contributed by atoms with Gasteiger partial charge in [0.2, 0.25) is 0 Å². The molecule has 0 unspecified atom stereocenters. The Bertz CT molecular complexity index is 581. The molecule has 0 fully saturated rings. The molecule has 0 aliphatic heterocycles. The van der Waals surface area contributed by atoms with E-state index in [4.69, 9.17) is 16.7 Å². The molecular weight excluding hydrogens is 238 g/mol. The van der Waals surface area contributed by atoms with Gasteiger partial charge in [-0.1, -0.05) is 23.7 Å². The van der Waals surface area contributed by atoms with Crippen molar-refractivity contribution in [2.24, 2.45) is 0 Å². The lowest BCUT2D eigenvalue weighted by atomic mass is 9.99. The third-order valence-electron chi connectivity index (χ3n) is 2.49. The standard InChI is InChI=1S/C13H10ClNO2/c1-8-7-9(14)4-5-10(8)11-3-2-6-15-12(11)13(16)17/h2-7H,1H3,(H,16,17). The third-order valence-corrected chi connectivity index (χ3v) is 2.72. The number of aryl methyl sites for hydroxylation is 1. The van der Waals surface area contributed by atoms with Gasteiger partial charge in [0.15, 0.2) is 5.69 Å². The molecule has 1 N–H and O–H groups in total. The predicted molar refractivity (Wildman–Crippen MR) is 66.4 cm³/mol. The SMILES string of the molecule is Cc1cc(Cl)ccc1-c1cccnc1C(=O)O. The predicted octanol–water partition coefficient (Wildman–Crippen LogP) is 3.41. The Morgan fingerprint density at radius 2 is 2.06 bits per heavy atom. The molecule has 0 bridgehead atoms. The van der Waals surface area contributed by atoms with Crippen LogP contribution in [-0.4, -0.2) is 16.1 Å². The van der Waals surface area contributed by atoms with Crippen molar-refractivity contribution in [3.05, 3.63) is 52.8 Å². The van der Waals surface area contributed by atoms with Crippen molar-refractivity contribution >= 4 is 17.6 Å². The molecule has 1 heterocycles. The van der Waals surface area contributed by atoms with E-state index < -0.39 is 5.97 Å². The van der Waals surface area contributed by atoms with Crippen LogP contribution in [-0.2, 0) is 0 Å². The Hall–Kier alpha value is -1.87. The van der Waals surface area contributed by atoms with Crippen molar-refractivity contribution in [1.82, 2.24) is 4.98 Å². The number of hydrogen-bond donors (Lipinski definition) is 1. The van der Waals surface area contributed by atoms with Crippen LogP contribution >= 0.6 is 11.6 Å². The van der Waals surface area contributed by atoms with Gasteiger partial charge in [0.05, 0.1) is 0 Å². The molecule has 4 heteroatoms. The molecule has 0 aliphatic rings. The van der Waals surface area contributed by atoms with Gasteiger partial charge in [-0.25, -0.2) is 9.78 Å². The highest BCUT2D eigenvalue weighted by atomic mass is 35.5. The number of aromatic carboxylic acids is 1. The van der Waals surface area contributed by atoms with E-state index in [0.717, 1.165) is 11.1 Å². The summed E-state index contributed by atoms with van der Waals surface area (Å²) in [6.07, 6.45) is 1.47. The van der Waals surface area contributed by atoms with Gasteiger partial charge < -0.3 is 5.11 Å². The van der Waals surface area contributed by atoms with Gasteiger partial charge in [0.25, 0.3) is 0 Å². The summed E-state index contributed by atoms with van der Waals surface area (Å²) in [4.78, 5) is 15.0. The van der Waals surface area contributed by atoms with Crippen molar-refractivity contribution in [3.63, 3.8) is 0 Å². The van der Waals surface area contributed by atoms with E-state index in [2.05, 4.69) is 4.98 Å². The molecule has 1 aromatic carbocycles. The van der Waals surface area contributed by atoms with E-state index in [1.165, 1.54) is 6.20 Å². The number of carboxylic acids is 1. The fourth-order valence-electron chi connectivity index (χ4n) is 1.72. The van der Waals surface area contributed by atoms with Gasteiger partial charge in [-0.2, -0.15) is 0 Å². The summed E-state index contributed by atoms with van der Waals surface area (Å²) < 4.78 is 0. The van der Waals surface area contributed by atoms with Crippen LogP contribution in [0.4, 0.5) is 0 Å². The Kier molecular flexibility index (Phi) is 3.11. The van der Waals surface area contributed by atoms with Crippen LogP contribution in [0.1, 0.15) is 16.1 Å². The molecule has 0 radical (unpaired) electrons. The first-order chi connectivity index (χ1) is 8.09. The fraction of sp³-hybridized carbons (Fsp3) is 0.0769. The number of halogens is 1. The Morgan fingerprint density at radius 3 is 2.71 bits per heavy atom. The van der Waals surface area contributed by atoms with E-state index in [0.29, 0.717) is 10.6 Å². The Balaban J connectivity index is 2.64. The summed E-state index contributed by atoms with van der Waals surface area (Å²) in [7, 11) is 0. The molecule has 2 rings (SSSR count). The van der Waals surface area contributed by atoms with Gasteiger partial charge in [-0.05, 0) is 36.2 Å². The van der Waals surface area contributed by atoms with Crippen LogP contribution < -0.4 is 0 Å². The van der Waals surface area contributed by atoms with Crippen molar-refractivity contribution in [2.75, 3.05) is 0 Å². The summed E-state index contributed by atoms with van der Waals surface area (Å²) in [6, 6.07) is 8.81. The Morgan fingerprint density at radius 1 is 1.29 bits per heavy atom. The Labute approximate surface area is 104 Å². The molecular formula is C13H10ClNO2. The highest BCUT2D eigenvalue weighted by Gasteiger charge is 2.13. The molecule has 17 heavy (non-hydrogen) atoms. The number of rotatable bonds is 2.